The summed E-state index contributed by atoms with van der Waals surface area (Å²) in [5.41, 5.74) is 0.544. The first-order valence-corrected chi connectivity index (χ1v) is 9.58. The minimum atomic E-state index is -3.30. The maximum Gasteiger partial charge on any atom is 0.263 e. The van der Waals surface area contributed by atoms with Crippen molar-refractivity contribution in [2.24, 2.45) is 0 Å². The average molecular weight is 342 g/mol. The Labute approximate surface area is 139 Å². The molecule has 0 aliphatic carbocycles. The molecule has 1 aromatic carbocycles. The molecule has 23 heavy (non-hydrogen) atoms. The van der Waals surface area contributed by atoms with Crippen molar-refractivity contribution in [2.45, 2.75) is 33.3 Å². The van der Waals surface area contributed by atoms with E-state index in [1.165, 1.54) is 11.4 Å². The standard InChI is InChI=1S/C16H26N2O4S/c1-6-15(16(19)18(7-2)8-3)22-14-11-9-13(10-12-14)17(4)23(5,20)21/h9-12,15H,6-8H2,1-5H3/t15-/m0/s1. The highest BCUT2D eigenvalue weighted by Gasteiger charge is 2.22. The number of anilines is 1. The van der Waals surface area contributed by atoms with Crippen LogP contribution in [0.15, 0.2) is 24.3 Å². The molecule has 1 rings (SSSR count). The van der Waals surface area contributed by atoms with Gasteiger partial charge in [-0.25, -0.2) is 8.42 Å². The van der Waals surface area contributed by atoms with Crippen LogP contribution in [0, 0.1) is 0 Å². The molecule has 1 aromatic rings. The number of nitrogens with zero attached hydrogens (tertiary/aromatic N) is 2. The van der Waals surface area contributed by atoms with E-state index in [9.17, 15) is 13.2 Å². The van der Waals surface area contributed by atoms with Gasteiger partial charge in [-0.1, -0.05) is 6.92 Å². The van der Waals surface area contributed by atoms with Gasteiger partial charge in [0.1, 0.15) is 5.75 Å². The Bertz CT molecular complexity index is 609. The lowest BCUT2D eigenvalue weighted by atomic mass is 10.2. The van der Waals surface area contributed by atoms with E-state index in [2.05, 4.69) is 0 Å². The molecule has 0 radical (unpaired) electrons. The Morgan fingerprint density at radius 3 is 2.04 bits per heavy atom. The van der Waals surface area contributed by atoms with E-state index in [-0.39, 0.29) is 5.91 Å². The van der Waals surface area contributed by atoms with Gasteiger partial charge in [0.15, 0.2) is 6.10 Å². The summed E-state index contributed by atoms with van der Waals surface area (Å²) in [6, 6.07) is 6.67. The maximum absolute atomic E-state index is 12.4. The van der Waals surface area contributed by atoms with Gasteiger partial charge >= 0.3 is 0 Å². The molecule has 7 heteroatoms. The van der Waals surface area contributed by atoms with Crippen LogP contribution in [-0.4, -0.2) is 51.7 Å². The molecule has 0 aliphatic rings. The fourth-order valence-corrected chi connectivity index (χ4v) is 2.64. The third-order valence-electron chi connectivity index (χ3n) is 3.70. The largest absolute Gasteiger partial charge is 0.481 e. The monoisotopic (exact) mass is 342 g/mol. The number of ether oxygens (including phenoxy) is 1. The van der Waals surface area contributed by atoms with Crippen molar-refractivity contribution in [2.75, 3.05) is 30.7 Å². The van der Waals surface area contributed by atoms with Gasteiger partial charge in [-0.05, 0) is 44.5 Å². The lowest BCUT2D eigenvalue weighted by Crippen LogP contribution is -2.41. The number of hydrogen-bond donors (Lipinski definition) is 0. The number of benzene rings is 1. The molecule has 0 aliphatic heterocycles. The van der Waals surface area contributed by atoms with Gasteiger partial charge in [0, 0.05) is 20.1 Å². The first-order valence-electron chi connectivity index (χ1n) is 7.73. The Balaban J connectivity index is 2.86. The number of amides is 1. The van der Waals surface area contributed by atoms with Gasteiger partial charge in [-0.2, -0.15) is 0 Å². The van der Waals surface area contributed by atoms with Gasteiger partial charge < -0.3 is 9.64 Å². The normalized spacial score (nSPS) is 12.6. The summed E-state index contributed by atoms with van der Waals surface area (Å²) in [6.07, 6.45) is 1.18. The number of likely N-dealkylation sites (N-methyl/N-ethyl adjacent to an activating group) is 1. The van der Waals surface area contributed by atoms with Crippen LogP contribution >= 0.6 is 0 Å². The second-order valence-corrected chi connectivity index (χ2v) is 7.26. The van der Waals surface area contributed by atoms with Gasteiger partial charge in [0.2, 0.25) is 10.0 Å². The molecule has 0 heterocycles. The molecule has 0 aromatic heterocycles. The van der Waals surface area contributed by atoms with E-state index >= 15 is 0 Å². The first-order chi connectivity index (χ1) is 10.7. The van der Waals surface area contributed by atoms with Crippen LogP contribution in [0.1, 0.15) is 27.2 Å². The number of hydrogen-bond acceptors (Lipinski definition) is 4. The quantitative estimate of drug-likeness (QED) is 0.726. The zero-order valence-electron chi connectivity index (χ0n) is 14.4. The van der Waals surface area contributed by atoms with Gasteiger partial charge in [0.05, 0.1) is 11.9 Å². The van der Waals surface area contributed by atoms with E-state index < -0.39 is 16.1 Å². The fourth-order valence-electron chi connectivity index (χ4n) is 2.14. The predicted molar refractivity (Wildman–Crippen MR) is 92.3 cm³/mol. The molecule has 0 bridgehead atoms. The lowest BCUT2D eigenvalue weighted by Gasteiger charge is -2.25. The second-order valence-electron chi connectivity index (χ2n) is 5.25. The molecule has 0 spiro atoms. The Kier molecular flexibility index (Phi) is 6.87. The summed E-state index contributed by atoms with van der Waals surface area (Å²) < 4.78 is 30.0. The van der Waals surface area contributed by atoms with Crippen molar-refractivity contribution in [1.82, 2.24) is 4.90 Å². The van der Waals surface area contributed by atoms with Crippen molar-refractivity contribution < 1.29 is 17.9 Å². The van der Waals surface area contributed by atoms with E-state index in [0.717, 1.165) is 6.26 Å². The van der Waals surface area contributed by atoms with Crippen molar-refractivity contribution >= 4 is 21.6 Å². The molecule has 0 fully saturated rings. The van der Waals surface area contributed by atoms with Crippen LogP contribution < -0.4 is 9.04 Å². The van der Waals surface area contributed by atoms with Crippen LogP contribution in [0.25, 0.3) is 0 Å². The summed E-state index contributed by atoms with van der Waals surface area (Å²) in [5.74, 6) is 0.512. The van der Waals surface area contributed by atoms with Crippen molar-refractivity contribution in [3.05, 3.63) is 24.3 Å². The van der Waals surface area contributed by atoms with Crippen molar-refractivity contribution in [3.63, 3.8) is 0 Å². The van der Waals surface area contributed by atoms with Gasteiger partial charge in [-0.3, -0.25) is 9.10 Å². The van der Waals surface area contributed by atoms with Crippen LogP contribution in [0.4, 0.5) is 5.69 Å². The van der Waals surface area contributed by atoms with Crippen LogP contribution in [0.2, 0.25) is 0 Å². The van der Waals surface area contributed by atoms with Gasteiger partial charge in [-0.15, -0.1) is 0 Å². The van der Waals surface area contributed by atoms with E-state index in [1.54, 1.807) is 29.2 Å². The molecular weight excluding hydrogens is 316 g/mol. The molecule has 0 N–H and O–H groups in total. The number of rotatable bonds is 8. The Morgan fingerprint density at radius 1 is 1.13 bits per heavy atom. The Morgan fingerprint density at radius 2 is 1.65 bits per heavy atom. The van der Waals surface area contributed by atoms with E-state index in [0.29, 0.717) is 30.9 Å². The topological polar surface area (TPSA) is 66.9 Å². The average Bonchev–Trinajstić information content (AvgIpc) is 2.52. The van der Waals surface area contributed by atoms with Crippen LogP contribution in [0.5, 0.6) is 5.75 Å². The number of carbonyl (C=O) groups excluding carboxylic acids is 1. The third kappa shape index (κ3) is 5.13. The zero-order valence-corrected chi connectivity index (χ0v) is 15.3. The van der Waals surface area contributed by atoms with Crippen LogP contribution in [0.3, 0.4) is 0 Å². The van der Waals surface area contributed by atoms with E-state index in [4.69, 9.17) is 4.74 Å². The molecule has 130 valence electrons. The minimum absolute atomic E-state index is 0.0326. The lowest BCUT2D eigenvalue weighted by molar-refractivity contribution is -0.138. The first kappa shape index (κ1) is 19.3. The summed E-state index contributed by atoms with van der Waals surface area (Å²) in [6.45, 7) is 7.06. The van der Waals surface area contributed by atoms with Crippen LogP contribution in [-0.2, 0) is 14.8 Å². The summed E-state index contributed by atoms with van der Waals surface area (Å²) in [4.78, 5) is 14.1. The molecule has 1 atom stereocenters. The number of sulfonamides is 1. The van der Waals surface area contributed by atoms with Crippen molar-refractivity contribution in [1.29, 1.82) is 0 Å². The number of carbonyl (C=O) groups is 1. The van der Waals surface area contributed by atoms with Crippen molar-refractivity contribution in [3.8, 4) is 5.75 Å². The molecule has 1 amide bonds. The molecule has 0 saturated heterocycles. The highest BCUT2D eigenvalue weighted by Crippen LogP contribution is 2.22. The summed E-state index contributed by atoms with van der Waals surface area (Å²) >= 11 is 0. The SMILES string of the molecule is CC[C@H](Oc1ccc(N(C)S(C)(=O)=O)cc1)C(=O)N(CC)CC. The highest BCUT2D eigenvalue weighted by molar-refractivity contribution is 7.92. The molecule has 0 unspecified atom stereocenters. The summed E-state index contributed by atoms with van der Waals surface area (Å²) in [5, 5.41) is 0. The molecular formula is C16H26N2O4S. The third-order valence-corrected chi connectivity index (χ3v) is 4.90. The zero-order chi connectivity index (χ0) is 17.6. The molecule has 6 nitrogen and oxygen atoms in total. The Hall–Kier alpha value is -1.76. The highest BCUT2D eigenvalue weighted by atomic mass is 32.2. The predicted octanol–water partition coefficient (Wildman–Crippen LogP) is 2.11. The second kappa shape index (κ2) is 8.19. The minimum Gasteiger partial charge on any atom is -0.481 e. The smallest absolute Gasteiger partial charge is 0.263 e. The van der Waals surface area contributed by atoms with E-state index in [1.807, 2.05) is 20.8 Å². The fraction of sp³-hybridized carbons (Fsp3) is 0.562. The molecule has 0 saturated carbocycles. The van der Waals surface area contributed by atoms with Gasteiger partial charge in [0.25, 0.3) is 5.91 Å². The summed E-state index contributed by atoms with van der Waals surface area (Å²) in [7, 11) is -1.81. The maximum atomic E-state index is 12.4.